The van der Waals surface area contributed by atoms with Crippen LogP contribution in [0.3, 0.4) is 0 Å². The summed E-state index contributed by atoms with van der Waals surface area (Å²) in [6.07, 6.45) is 1.79. The summed E-state index contributed by atoms with van der Waals surface area (Å²) in [5.41, 5.74) is 33.4. The van der Waals surface area contributed by atoms with Crippen LogP contribution in [-0.4, -0.2) is 9.97 Å². The van der Waals surface area contributed by atoms with Crippen molar-refractivity contribution in [3.63, 3.8) is 0 Å². The van der Waals surface area contributed by atoms with Crippen molar-refractivity contribution in [2.45, 2.75) is 46.0 Å². The number of aryl methyl sites for hydroxylation is 2. The van der Waals surface area contributed by atoms with E-state index in [-0.39, 0.29) is 19.3 Å². The van der Waals surface area contributed by atoms with Gasteiger partial charge in [-0.15, -0.1) is 0 Å². The average Bonchev–Trinajstić information content (AvgIpc) is 3.03. The van der Waals surface area contributed by atoms with Crippen molar-refractivity contribution in [2.24, 2.45) is 0 Å². The minimum absolute atomic E-state index is 0. The highest BCUT2D eigenvalue weighted by molar-refractivity contribution is 5.49. The van der Waals surface area contributed by atoms with Crippen LogP contribution in [0.2, 0.25) is 0 Å². The first-order valence-corrected chi connectivity index (χ1v) is 15.5. The largest absolute Gasteiger partial charge is 0.384 e. The van der Waals surface area contributed by atoms with Gasteiger partial charge < -0.3 is 22.9 Å². The molecule has 0 saturated carbocycles. The molecule has 0 spiro atoms. The molecule has 240 valence electrons. The Morgan fingerprint density at radius 3 is 1.09 bits per heavy atom. The molecule has 0 fully saturated rings. The van der Waals surface area contributed by atoms with Crippen LogP contribution in [0.25, 0.3) is 0 Å². The number of nitrogen functional groups attached to an aromatic ring is 4. The normalized spacial score (nSPS) is 11.8. The van der Waals surface area contributed by atoms with Crippen molar-refractivity contribution < 1.29 is 0 Å². The zero-order valence-corrected chi connectivity index (χ0v) is 26.5. The highest BCUT2D eigenvalue weighted by Crippen LogP contribution is 2.32. The minimum Gasteiger partial charge on any atom is -0.384 e. The molecule has 2 unspecified atom stereocenters. The van der Waals surface area contributed by atoms with Crippen LogP contribution in [0.4, 0.5) is 23.3 Å². The lowest BCUT2D eigenvalue weighted by molar-refractivity contribution is 0.803. The molecule has 6 aromatic rings. The van der Waals surface area contributed by atoms with Gasteiger partial charge in [-0.3, -0.25) is 0 Å². The van der Waals surface area contributed by atoms with Crippen molar-refractivity contribution in [3.05, 3.63) is 178 Å². The van der Waals surface area contributed by atoms with E-state index in [1.165, 1.54) is 33.4 Å². The highest BCUT2D eigenvalue weighted by Gasteiger charge is 2.18. The molecule has 2 heterocycles. The Bertz CT molecular complexity index is 1690. The summed E-state index contributed by atoms with van der Waals surface area (Å²) in [4.78, 5) is 8.18. The second-order valence-corrected chi connectivity index (χ2v) is 11.8. The van der Waals surface area contributed by atoms with E-state index in [1.54, 1.807) is 0 Å². The summed E-state index contributed by atoms with van der Waals surface area (Å²) < 4.78 is 0. The molecule has 2 aromatic heterocycles. The fourth-order valence-electron chi connectivity index (χ4n) is 5.93. The SMILES string of the molecule is C.Cc1cccc(C(Cc2ccccc2)c2cc(N)nc(N)c2)c1.Cc1cccc(C(Cc2ccccc2)c2cc(N)nc(N)c2)c1. The summed E-state index contributed by atoms with van der Waals surface area (Å²) in [5.74, 6) is 2.25. The third kappa shape index (κ3) is 9.68. The molecule has 0 aliphatic carbocycles. The van der Waals surface area contributed by atoms with E-state index in [0.717, 1.165) is 24.0 Å². The molecular formula is C41H46N6. The van der Waals surface area contributed by atoms with E-state index in [0.29, 0.717) is 23.3 Å². The summed E-state index contributed by atoms with van der Waals surface area (Å²) in [6, 6.07) is 45.8. The first-order valence-electron chi connectivity index (χ1n) is 15.5. The Kier molecular flexibility index (Phi) is 11.7. The number of hydrogen-bond donors (Lipinski definition) is 4. The van der Waals surface area contributed by atoms with Crippen LogP contribution < -0.4 is 22.9 Å². The van der Waals surface area contributed by atoms with E-state index in [9.17, 15) is 0 Å². The van der Waals surface area contributed by atoms with Crippen LogP contribution in [0.15, 0.2) is 133 Å². The van der Waals surface area contributed by atoms with Gasteiger partial charge in [0.05, 0.1) is 0 Å². The molecule has 0 aliphatic rings. The van der Waals surface area contributed by atoms with Gasteiger partial charge in [-0.2, -0.15) is 0 Å². The Hall–Kier alpha value is -5.62. The molecule has 47 heavy (non-hydrogen) atoms. The molecule has 0 aliphatic heterocycles. The molecule has 2 atom stereocenters. The smallest absolute Gasteiger partial charge is 0.126 e. The zero-order valence-electron chi connectivity index (χ0n) is 26.5. The van der Waals surface area contributed by atoms with Gasteiger partial charge in [0.2, 0.25) is 0 Å². The molecule has 0 radical (unpaired) electrons. The van der Waals surface area contributed by atoms with Crippen molar-refractivity contribution in [3.8, 4) is 0 Å². The molecule has 0 bridgehead atoms. The monoisotopic (exact) mass is 622 g/mol. The maximum Gasteiger partial charge on any atom is 0.126 e. The molecule has 0 saturated heterocycles. The summed E-state index contributed by atoms with van der Waals surface area (Å²) in [7, 11) is 0. The average molecular weight is 623 g/mol. The molecule has 0 amide bonds. The van der Waals surface area contributed by atoms with Gasteiger partial charge in [0.1, 0.15) is 23.3 Å². The summed E-state index contributed by atoms with van der Waals surface area (Å²) in [6.45, 7) is 4.22. The van der Waals surface area contributed by atoms with Gasteiger partial charge in [-0.25, -0.2) is 9.97 Å². The third-order valence-electron chi connectivity index (χ3n) is 8.03. The standard InChI is InChI=1S/2C20H21N3.CH4/c2*1-14-6-5-9-16(10-14)18(11-15-7-3-2-4-8-15)17-12-19(21)23-20(22)13-17;/h2*2-10,12-13,18H,11H2,1H3,(H4,21,22,23);1H4. The maximum atomic E-state index is 5.91. The first kappa shape index (κ1) is 34.3. The quantitative estimate of drug-likeness (QED) is 0.135. The van der Waals surface area contributed by atoms with Gasteiger partial charge >= 0.3 is 0 Å². The number of anilines is 4. The topological polar surface area (TPSA) is 130 Å². The van der Waals surface area contributed by atoms with E-state index < -0.39 is 0 Å². The van der Waals surface area contributed by atoms with E-state index in [4.69, 9.17) is 22.9 Å². The molecule has 6 heteroatoms. The van der Waals surface area contributed by atoms with Gasteiger partial charge in [-0.05, 0) is 84.3 Å². The number of rotatable bonds is 8. The lowest BCUT2D eigenvalue weighted by atomic mass is 9.85. The maximum absolute atomic E-state index is 5.91. The van der Waals surface area contributed by atoms with Gasteiger partial charge in [0.15, 0.2) is 0 Å². The van der Waals surface area contributed by atoms with E-state index in [1.807, 2.05) is 36.4 Å². The second-order valence-electron chi connectivity index (χ2n) is 11.8. The van der Waals surface area contributed by atoms with Crippen LogP contribution in [0.1, 0.15) is 63.8 Å². The first-order chi connectivity index (χ1) is 22.2. The number of benzene rings is 4. The van der Waals surface area contributed by atoms with E-state index in [2.05, 4.69) is 121 Å². The molecule has 6 rings (SSSR count). The summed E-state index contributed by atoms with van der Waals surface area (Å²) in [5, 5.41) is 0. The minimum atomic E-state index is 0. The molecule has 6 nitrogen and oxygen atoms in total. The van der Waals surface area contributed by atoms with Crippen molar-refractivity contribution >= 4 is 23.3 Å². The lowest BCUT2D eigenvalue weighted by Gasteiger charge is -2.19. The predicted molar refractivity (Wildman–Crippen MR) is 199 cm³/mol. The van der Waals surface area contributed by atoms with Crippen molar-refractivity contribution in [1.82, 2.24) is 9.97 Å². The van der Waals surface area contributed by atoms with E-state index >= 15 is 0 Å². The Labute approximate surface area is 279 Å². The fourth-order valence-corrected chi connectivity index (χ4v) is 5.93. The number of nitrogens with zero attached hydrogens (tertiary/aromatic N) is 2. The predicted octanol–water partition coefficient (Wildman–Crippen LogP) is 8.49. The van der Waals surface area contributed by atoms with Crippen molar-refractivity contribution in [1.29, 1.82) is 0 Å². The zero-order chi connectivity index (χ0) is 32.5. The highest BCUT2D eigenvalue weighted by atomic mass is 14.9. The van der Waals surface area contributed by atoms with Gasteiger partial charge in [0, 0.05) is 11.8 Å². The number of nitrogens with two attached hydrogens (primary N) is 4. The summed E-state index contributed by atoms with van der Waals surface area (Å²) >= 11 is 0. The second kappa shape index (κ2) is 16.1. The molecule has 4 aromatic carbocycles. The van der Waals surface area contributed by atoms with Gasteiger partial charge in [-0.1, -0.05) is 128 Å². The van der Waals surface area contributed by atoms with Crippen LogP contribution in [-0.2, 0) is 12.8 Å². The Morgan fingerprint density at radius 1 is 0.426 bits per heavy atom. The number of hydrogen-bond acceptors (Lipinski definition) is 6. The fraction of sp³-hybridized carbons (Fsp3) is 0.171. The van der Waals surface area contributed by atoms with Crippen LogP contribution in [0.5, 0.6) is 0 Å². The Morgan fingerprint density at radius 2 is 0.766 bits per heavy atom. The Balaban J connectivity index is 0.000000208. The molecular weight excluding hydrogens is 576 g/mol. The number of aromatic nitrogens is 2. The van der Waals surface area contributed by atoms with Crippen LogP contribution in [0, 0.1) is 13.8 Å². The van der Waals surface area contributed by atoms with Crippen LogP contribution >= 0.6 is 0 Å². The number of pyridine rings is 2. The third-order valence-corrected chi connectivity index (χ3v) is 8.03. The van der Waals surface area contributed by atoms with Crippen molar-refractivity contribution in [2.75, 3.05) is 22.9 Å². The lowest BCUT2D eigenvalue weighted by Crippen LogP contribution is -2.08. The molecule has 8 N–H and O–H groups in total. The van der Waals surface area contributed by atoms with Gasteiger partial charge in [0.25, 0.3) is 0 Å².